The molecule has 0 radical (unpaired) electrons. The molecule has 0 aliphatic heterocycles. The molecule has 0 N–H and O–H groups in total. The molecular weight excluding hydrogens is 444 g/mol. The van der Waals surface area contributed by atoms with Crippen LogP contribution in [0.15, 0.2) is 0 Å². The number of hydrogen-bond donors (Lipinski definition) is 0. The minimum atomic E-state index is 0.247. The third kappa shape index (κ3) is 5.90. The van der Waals surface area contributed by atoms with Gasteiger partial charge in [-0.1, -0.05) is 138 Å². The van der Waals surface area contributed by atoms with E-state index in [1.807, 2.05) is 0 Å². The Morgan fingerprint density at radius 1 is 0.568 bits per heavy atom. The van der Waals surface area contributed by atoms with Gasteiger partial charge in [0.15, 0.2) is 0 Å². The maximum atomic E-state index is 2.66. The fraction of sp³-hybridized carbons (Fsp3) is 1.00. The highest BCUT2D eigenvalue weighted by atomic mass is 14.7. The Balaban J connectivity index is 3.34. The van der Waals surface area contributed by atoms with Crippen LogP contribution in [0.3, 0.4) is 0 Å². The van der Waals surface area contributed by atoms with Crippen molar-refractivity contribution >= 4 is 0 Å². The third-order valence-electron chi connectivity index (χ3n) is 14.8. The van der Waals surface area contributed by atoms with E-state index in [2.05, 4.69) is 138 Å². The van der Waals surface area contributed by atoms with Crippen molar-refractivity contribution in [3.8, 4) is 0 Å². The summed E-state index contributed by atoms with van der Waals surface area (Å²) in [5.74, 6) is 9.37. The highest BCUT2D eigenvalue weighted by Gasteiger charge is 2.64. The monoisotopic (exact) mass is 519 g/mol. The molecule has 0 aromatic heterocycles. The molecule has 1 aliphatic rings. The SMILES string of the molecule is CCC(C)(C(C)(C)C1C(C)C(C(C)C(C)C(C)C(C)C(C)C(C)C(C)C)C1C(C)C)C(C)(C)C(C)(C)C. The Labute approximate surface area is 237 Å². The van der Waals surface area contributed by atoms with Crippen LogP contribution in [-0.2, 0) is 0 Å². The molecule has 0 spiro atoms. The maximum Gasteiger partial charge on any atom is -0.0218 e. The first kappa shape index (κ1) is 35.0. The van der Waals surface area contributed by atoms with Crippen molar-refractivity contribution < 1.29 is 0 Å². The predicted molar refractivity (Wildman–Crippen MR) is 170 cm³/mol. The van der Waals surface area contributed by atoms with Crippen LogP contribution < -0.4 is 0 Å². The topological polar surface area (TPSA) is 0 Å². The lowest BCUT2D eigenvalue weighted by atomic mass is 9.35. The van der Waals surface area contributed by atoms with Crippen LogP contribution in [0.2, 0.25) is 0 Å². The molecule has 0 saturated heterocycles. The van der Waals surface area contributed by atoms with E-state index >= 15 is 0 Å². The molecule has 0 heterocycles. The van der Waals surface area contributed by atoms with Crippen molar-refractivity contribution in [2.24, 2.45) is 92.7 Å². The quantitative estimate of drug-likeness (QED) is 0.241. The minimum Gasteiger partial charge on any atom is -0.0648 e. The molecular formula is C37H74. The highest BCUT2D eigenvalue weighted by Crippen LogP contribution is 2.70. The van der Waals surface area contributed by atoms with E-state index in [1.54, 1.807) is 0 Å². The van der Waals surface area contributed by atoms with Gasteiger partial charge in [0.1, 0.15) is 0 Å². The van der Waals surface area contributed by atoms with Crippen LogP contribution in [0.25, 0.3) is 0 Å². The molecule has 0 aromatic rings. The van der Waals surface area contributed by atoms with Gasteiger partial charge in [-0.2, -0.15) is 0 Å². The van der Waals surface area contributed by atoms with Crippen molar-refractivity contribution in [2.45, 2.75) is 145 Å². The van der Waals surface area contributed by atoms with Gasteiger partial charge in [0.25, 0.3) is 0 Å². The number of rotatable bonds is 12. The Kier molecular flexibility index (Phi) is 11.2. The first-order chi connectivity index (χ1) is 16.5. The molecule has 11 unspecified atom stereocenters. The summed E-state index contributed by atoms with van der Waals surface area (Å²) in [7, 11) is 0. The summed E-state index contributed by atoms with van der Waals surface area (Å²) in [4.78, 5) is 0. The lowest BCUT2D eigenvalue weighted by molar-refractivity contribution is -0.215. The average molecular weight is 519 g/mol. The van der Waals surface area contributed by atoms with Gasteiger partial charge in [-0.25, -0.2) is 0 Å². The minimum absolute atomic E-state index is 0.247. The molecule has 1 aliphatic carbocycles. The van der Waals surface area contributed by atoms with Crippen LogP contribution in [-0.4, -0.2) is 0 Å². The first-order valence-corrected chi connectivity index (χ1v) is 16.5. The Morgan fingerprint density at radius 2 is 0.973 bits per heavy atom. The van der Waals surface area contributed by atoms with Crippen LogP contribution >= 0.6 is 0 Å². The van der Waals surface area contributed by atoms with Gasteiger partial charge in [-0.3, -0.25) is 0 Å². The molecule has 0 heteroatoms. The second-order valence-electron chi connectivity index (χ2n) is 17.5. The highest BCUT2D eigenvalue weighted by molar-refractivity contribution is 5.12. The maximum absolute atomic E-state index is 2.66. The summed E-state index contributed by atoms with van der Waals surface area (Å²) in [6.07, 6.45) is 1.25. The Morgan fingerprint density at radius 3 is 1.32 bits per heavy atom. The lowest BCUT2D eigenvalue weighted by Gasteiger charge is -2.69. The van der Waals surface area contributed by atoms with Gasteiger partial charge >= 0.3 is 0 Å². The van der Waals surface area contributed by atoms with Gasteiger partial charge < -0.3 is 0 Å². The molecule has 222 valence electrons. The summed E-state index contributed by atoms with van der Waals surface area (Å²) in [6.45, 7) is 50.8. The largest absolute Gasteiger partial charge is 0.0648 e. The fourth-order valence-electron chi connectivity index (χ4n) is 9.63. The third-order valence-corrected chi connectivity index (χ3v) is 14.8. The van der Waals surface area contributed by atoms with Gasteiger partial charge in [0.05, 0.1) is 0 Å². The van der Waals surface area contributed by atoms with Crippen LogP contribution in [0.1, 0.15) is 145 Å². The first-order valence-electron chi connectivity index (χ1n) is 16.5. The Bertz CT molecular complexity index is 702. The van der Waals surface area contributed by atoms with Crippen molar-refractivity contribution in [3.63, 3.8) is 0 Å². The van der Waals surface area contributed by atoms with E-state index in [0.717, 1.165) is 71.0 Å². The van der Waals surface area contributed by atoms with Gasteiger partial charge in [-0.15, -0.1) is 0 Å². The summed E-state index contributed by atoms with van der Waals surface area (Å²) < 4.78 is 0. The molecule has 0 nitrogen and oxygen atoms in total. The summed E-state index contributed by atoms with van der Waals surface area (Å²) in [5, 5.41) is 0. The van der Waals surface area contributed by atoms with E-state index in [9.17, 15) is 0 Å². The zero-order valence-electron chi connectivity index (χ0n) is 29.6. The van der Waals surface area contributed by atoms with E-state index in [1.165, 1.54) is 6.42 Å². The van der Waals surface area contributed by atoms with Crippen molar-refractivity contribution in [1.29, 1.82) is 0 Å². The van der Waals surface area contributed by atoms with Crippen molar-refractivity contribution in [3.05, 3.63) is 0 Å². The lowest BCUT2D eigenvalue weighted by Crippen LogP contribution is -2.64. The fourth-order valence-corrected chi connectivity index (χ4v) is 9.63. The zero-order chi connectivity index (χ0) is 29.6. The van der Waals surface area contributed by atoms with E-state index < -0.39 is 0 Å². The molecule has 1 saturated carbocycles. The van der Waals surface area contributed by atoms with Crippen LogP contribution in [0, 0.1) is 92.7 Å². The summed E-state index contributed by atoms with van der Waals surface area (Å²) >= 11 is 0. The van der Waals surface area contributed by atoms with Gasteiger partial charge in [-0.05, 0) is 99.1 Å². The summed E-state index contributed by atoms with van der Waals surface area (Å²) in [5.41, 5.74) is 1.07. The second kappa shape index (κ2) is 11.9. The standard InChI is InChI=1S/C37H74/c1-21-37(20,36(18,19)34(13,14)15)35(16,17)33-30(12)32(31(33)23(4)5)29(11)28(10)27(9)26(8)25(7)24(6)22(2)3/h22-33H,21H2,1-20H3. The molecule has 11 atom stereocenters. The van der Waals surface area contributed by atoms with Crippen LogP contribution in [0.4, 0.5) is 0 Å². The predicted octanol–water partition coefficient (Wildman–Crippen LogP) is 12.1. The normalized spacial score (nSPS) is 30.3. The molecule has 1 rings (SSSR count). The van der Waals surface area contributed by atoms with E-state index in [-0.39, 0.29) is 21.7 Å². The summed E-state index contributed by atoms with van der Waals surface area (Å²) in [6, 6.07) is 0. The molecule has 0 aromatic carbocycles. The van der Waals surface area contributed by atoms with Crippen molar-refractivity contribution in [2.75, 3.05) is 0 Å². The van der Waals surface area contributed by atoms with E-state index in [0.29, 0.717) is 0 Å². The molecule has 1 fully saturated rings. The molecule has 0 amide bonds. The van der Waals surface area contributed by atoms with E-state index in [4.69, 9.17) is 0 Å². The van der Waals surface area contributed by atoms with Gasteiger partial charge in [0, 0.05) is 0 Å². The zero-order valence-corrected chi connectivity index (χ0v) is 29.6. The van der Waals surface area contributed by atoms with Crippen molar-refractivity contribution in [1.82, 2.24) is 0 Å². The Hall–Kier alpha value is 0. The number of hydrogen-bond acceptors (Lipinski definition) is 0. The molecule has 37 heavy (non-hydrogen) atoms. The average Bonchev–Trinajstić information content (AvgIpc) is 2.77. The smallest absolute Gasteiger partial charge is 0.0218 e. The van der Waals surface area contributed by atoms with Crippen LogP contribution in [0.5, 0.6) is 0 Å². The molecule has 0 bridgehead atoms. The second-order valence-corrected chi connectivity index (χ2v) is 17.5. The van der Waals surface area contributed by atoms with Gasteiger partial charge in [0.2, 0.25) is 0 Å².